The van der Waals surface area contributed by atoms with Gasteiger partial charge in [-0.05, 0) is 30.1 Å². The van der Waals surface area contributed by atoms with Crippen LogP contribution in [0.15, 0.2) is 40.6 Å². The van der Waals surface area contributed by atoms with Gasteiger partial charge >= 0.3 is 0 Å². The molecule has 3 aliphatic rings. The van der Waals surface area contributed by atoms with E-state index < -0.39 is 11.4 Å². The summed E-state index contributed by atoms with van der Waals surface area (Å²) in [6, 6.07) is 5.46. The fourth-order valence-corrected chi connectivity index (χ4v) is 4.75. The minimum atomic E-state index is -1.24. The molecule has 0 radical (unpaired) electrons. The first-order chi connectivity index (χ1) is 11.7. The molecule has 0 bridgehead atoms. The molecule has 0 N–H and O–H groups in total. The van der Waals surface area contributed by atoms with Crippen molar-refractivity contribution in [3.8, 4) is 0 Å². The van der Waals surface area contributed by atoms with Crippen LogP contribution < -0.4 is 0 Å². The van der Waals surface area contributed by atoms with Crippen LogP contribution in [0.2, 0.25) is 0 Å². The number of amides is 1. The van der Waals surface area contributed by atoms with Crippen LogP contribution in [0.3, 0.4) is 0 Å². The molecular weight excluding hydrogens is 326 g/mol. The lowest BCUT2D eigenvalue weighted by atomic mass is 10.0. The normalized spacial score (nSPS) is 25.9. The molecule has 1 saturated heterocycles. The van der Waals surface area contributed by atoms with Crippen molar-refractivity contribution in [3.05, 3.63) is 35.5 Å². The van der Waals surface area contributed by atoms with E-state index in [0.717, 1.165) is 19.4 Å². The average Bonchev–Trinajstić information content (AvgIpc) is 3.21. The van der Waals surface area contributed by atoms with Crippen molar-refractivity contribution >= 4 is 17.3 Å². The maximum atomic E-state index is 12.6. The predicted octanol–water partition coefficient (Wildman–Crippen LogP) is 0.985. The van der Waals surface area contributed by atoms with Crippen molar-refractivity contribution in [1.82, 2.24) is 14.2 Å². The smallest absolute Gasteiger partial charge is 0.265 e. The van der Waals surface area contributed by atoms with Gasteiger partial charge in [0.25, 0.3) is 5.03 Å². The van der Waals surface area contributed by atoms with E-state index in [9.17, 15) is 9.35 Å². The van der Waals surface area contributed by atoms with Crippen LogP contribution in [0.1, 0.15) is 12.8 Å². The zero-order valence-corrected chi connectivity index (χ0v) is 14.3. The van der Waals surface area contributed by atoms with Crippen molar-refractivity contribution in [2.75, 3.05) is 39.4 Å². The van der Waals surface area contributed by atoms with Gasteiger partial charge in [-0.2, -0.15) is 0 Å². The first kappa shape index (κ1) is 16.1. The van der Waals surface area contributed by atoms with Gasteiger partial charge in [-0.15, -0.1) is 4.31 Å². The minimum absolute atomic E-state index is 0.0116. The second kappa shape index (κ2) is 6.84. The van der Waals surface area contributed by atoms with Gasteiger partial charge in [0.2, 0.25) is 5.91 Å². The van der Waals surface area contributed by atoms with E-state index in [-0.39, 0.29) is 11.8 Å². The molecule has 1 aromatic rings. The topological polar surface area (TPSA) is 68.7 Å². The zero-order valence-electron chi connectivity index (χ0n) is 13.5. The van der Waals surface area contributed by atoms with E-state index in [0.29, 0.717) is 37.8 Å². The monoisotopic (exact) mass is 347 g/mol. The Morgan fingerprint density at radius 3 is 2.67 bits per heavy atom. The maximum absolute atomic E-state index is 12.6. The largest absolute Gasteiger partial charge is 0.591 e. The van der Waals surface area contributed by atoms with Gasteiger partial charge in [0.05, 0.1) is 25.6 Å². The molecule has 0 spiro atoms. The number of ether oxygens (including phenoxy) is 1. The Bertz CT molecular complexity index is 628. The Kier molecular flexibility index (Phi) is 4.58. The maximum Gasteiger partial charge on any atom is 0.265 e. The lowest BCUT2D eigenvalue weighted by molar-refractivity contribution is -0.138. The molecule has 0 aromatic carbocycles. The zero-order chi connectivity index (χ0) is 16.5. The van der Waals surface area contributed by atoms with Crippen LogP contribution in [0.25, 0.3) is 0 Å². The summed E-state index contributed by atoms with van der Waals surface area (Å²) in [5.74, 6) is 0.221. The molecule has 4 rings (SSSR count). The molecule has 1 fully saturated rings. The molecule has 7 heteroatoms. The van der Waals surface area contributed by atoms with E-state index in [4.69, 9.17) is 4.74 Å². The number of nitrogens with zero attached hydrogens (tertiary/aromatic N) is 3. The first-order valence-electron chi connectivity index (χ1n) is 8.36. The van der Waals surface area contributed by atoms with E-state index in [1.54, 1.807) is 12.3 Å². The predicted molar refractivity (Wildman–Crippen MR) is 89.4 cm³/mol. The third-order valence-electron chi connectivity index (χ3n) is 4.87. The van der Waals surface area contributed by atoms with Gasteiger partial charge in [-0.25, -0.2) is 4.98 Å². The van der Waals surface area contributed by atoms with Crippen molar-refractivity contribution in [2.24, 2.45) is 5.92 Å². The second-order valence-corrected chi connectivity index (χ2v) is 7.96. The number of rotatable bonds is 3. The van der Waals surface area contributed by atoms with E-state index in [1.165, 1.54) is 11.1 Å². The Morgan fingerprint density at radius 2 is 2.04 bits per heavy atom. The van der Waals surface area contributed by atoms with E-state index in [2.05, 4.69) is 4.98 Å². The van der Waals surface area contributed by atoms with Gasteiger partial charge in [0, 0.05) is 32.0 Å². The quantitative estimate of drug-likeness (QED) is 0.602. The molecule has 3 aliphatic heterocycles. The SMILES string of the molecule is O=C(C1CCCOC1)N1CC2=C(C1)CN([S+]([O-])c1ccccn1)C2. The lowest BCUT2D eigenvalue weighted by Gasteiger charge is -2.28. The Balaban J connectivity index is 1.35. The molecule has 1 amide bonds. The molecule has 1 aromatic heterocycles. The van der Waals surface area contributed by atoms with Gasteiger partial charge < -0.3 is 14.2 Å². The molecule has 2 atom stereocenters. The van der Waals surface area contributed by atoms with Gasteiger partial charge in [0.15, 0.2) is 0 Å². The van der Waals surface area contributed by atoms with Crippen molar-refractivity contribution in [2.45, 2.75) is 17.9 Å². The van der Waals surface area contributed by atoms with Crippen LogP contribution in [-0.2, 0) is 20.9 Å². The number of aromatic nitrogens is 1. The Morgan fingerprint density at radius 1 is 1.25 bits per heavy atom. The summed E-state index contributed by atoms with van der Waals surface area (Å²) >= 11 is -1.24. The summed E-state index contributed by atoms with van der Waals surface area (Å²) in [6.07, 6.45) is 3.56. The van der Waals surface area contributed by atoms with Gasteiger partial charge in [-0.3, -0.25) is 4.79 Å². The molecule has 128 valence electrons. The summed E-state index contributed by atoms with van der Waals surface area (Å²) in [7, 11) is 0. The summed E-state index contributed by atoms with van der Waals surface area (Å²) in [5, 5.41) is 0.589. The second-order valence-electron chi connectivity index (χ2n) is 6.53. The average molecular weight is 347 g/mol. The van der Waals surface area contributed by atoms with E-state index >= 15 is 0 Å². The highest BCUT2D eigenvalue weighted by Crippen LogP contribution is 2.30. The third-order valence-corrected chi connectivity index (χ3v) is 6.20. The molecule has 24 heavy (non-hydrogen) atoms. The summed E-state index contributed by atoms with van der Waals surface area (Å²) in [6.45, 7) is 3.97. The van der Waals surface area contributed by atoms with Crippen molar-refractivity contribution in [1.29, 1.82) is 0 Å². The third kappa shape index (κ3) is 3.09. The molecule has 0 aliphatic carbocycles. The minimum Gasteiger partial charge on any atom is -0.591 e. The van der Waals surface area contributed by atoms with Crippen LogP contribution in [0.4, 0.5) is 0 Å². The number of hydrogen-bond acceptors (Lipinski definition) is 5. The molecular formula is C17H21N3O3S. The Labute approximate surface area is 144 Å². The molecule has 6 nitrogen and oxygen atoms in total. The standard InChI is InChI=1S/C17H21N3O3S/c21-17(13-4-3-7-23-12-13)19-8-14-10-20(11-15(14)9-19)24(22)16-5-1-2-6-18-16/h1-2,5-6,13H,3-4,7-12H2. The fraction of sp³-hybridized carbons (Fsp3) is 0.529. The molecule has 0 saturated carbocycles. The first-order valence-corrected chi connectivity index (χ1v) is 9.47. The highest BCUT2D eigenvalue weighted by molar-refractivity contribution is 7.89. The fourth-order valence-electron chi connectivity index (χ4n) is 3.59. The summed E-state index contributed by atoms with van der Waals surface area (Å²) in [5.41, 5.74) is 2.48. The summed E-state index contributed by atoms with van der Waals surface area (Å²) < 4.78 is 20.0. The number of pyridine rings is 1. The van der Waals surface area contributed by atoms with Crippen molar-refractivity contribution in [3.63, 3.8) is 0 Å². The van der Waals surface area contributed by atoms with Crippen molar-refractivity contribution < 1.29 is 14.1 Å². The Hall–Kier alpha value is -1.41. The van der Waals surface area contributed by atoms with Crippen LogP contribution in [-0.4, -0.2) is 64.0 Å². The molecule has 2 unspecified atom stereocenters. The van der Waals surface area contributed by atoms with Gasteiger partial charge in [0.1, 0.15) is 11.4 Å². The lowest BCUT2D eigenvalue weighted by Crippen LogP contribution is -2.41. The number of carbonyl (C=O) groups is 1. The van der Waals surface area contributed by atoms with Crippen LogP contribution >= 0.6 is 0 Å². The number of hydrogen-bond donors (Lipinski definition) is 0. The highest BCUT2D eigenvalue weighted by Gasteiger charge is 2.39. The summed E-state index contributed by atoms with van der Waals surface area (Å²) in [4.78, 5) is 18.7. The van der Waals surface area contributed by atoms with E-state index in [1.807, 2.05) is 21.3 Å². The highest BCUT2D eigenvalue weighted by atomic mass is 32.2. The van der Waals surface area contributed by atoms with Gasteiger partial charge in [-0.1, -0.05) is 6.07 Å². The number of carbonyl (C=O) groups excluding carboxylic acids is 1. The van der Waals surface area contributed by atoms with Crippen LogP contribution in [0.5, 0.6) is 0 Å². The van der Waals surface area contributed by atoms with Crippen LogP contribution in [0, 0.1) is 5.92 Å². The molecule has 4 heterocycles.